The molecule has 1 aliphatic rings. The predicted octanol–water partition coefficient (Wildman–Crippen LogP) is 2.81. The largest absolute Gasteiger partial charge is 0.465 e. The van der Waals surface area contributed by atoms with Gasteiger partial charge in [0.2, 0.25) is 0 Å². The summed E-state index contributed by atoms with van der Waals surface area (Å²) in [6, 6.07) is 6.08. The van der Waals surface area contributed by atoms with Crippen LogP contribution in [0.25, 0.3) is 11.0 Å². The van der Waals surface area contributed by atoms with Crippen LogP contribution in [0, 0.1) is 3.70 Å². The second kappa shape index (κ2) is 6.23. The topological polar surface area (TPSA) is 69.6 Å². The van der Waals surface area contributed by atoms with Crippen LogP contribution in [0.4, 0.5) is 10.5 Å². The maximum absolute atomic E-state index is 11.0. The Kier molecular flexibility index (Phi) is 4.32. The highest BCUT2D eigenvalue weighted by Crippen LogP contribution is 2.24. The van der Waals surface area contributed by atoms with E-state index in [2.05, 4.69) is 43.5 Å². The summed E-state index contributed by atoms with van der Waals surface area (Å²) in [6.07, 6.45) is 2.68. The number of fused-ring (bicyclic) bond motifs is 1. The van der Waals surface area contributed by atoms with Crippen molar-refractivity contribution in [3.63, 3.8) is 0 Å². The second-order valence-electron chi connectivity index (χ2n) is 5.48. The molecule has 1 saturated heterocycles. The Morgan fingerprint density at radius 2 is 2.09 bits per heavy atom. The van der Waals surface area contributed by atoms with Crippen molar-refractivity contribution >= 4 is 45.4 Å². The van der Waals surface area contributed by atoms with Crippen LogP contribution >= 0.6 is 22.6 Å². The lowest BCUT2D eigenvalue weighted by Crippen LogP contribution is -2.45. The minimum Gasteiger partial charge on any atom is -0.465 e. The Bertz CT molecular complexity index is 701. The smallest absolute Gasteiger partial charge is 0.407 e. The highest BCUT2D eigenvalue weighted by Gasteiger charge is 2.25. The quantitative estimate of drug-likeness (QED) is 0.607. The zero-order valence-electron chi connectivity index (χ0n) is 12.2. The van der Waals surface area contributed by atoms with Crippen molar-refractivity contribution in [2.75, 3.05) is 25.0 Å². The molecule has 7 heteroatoms. The first-order chi connectivity index (χ1) is 10.5. The van der Waals surface area contributed by atoms with Gasteiger partial charge in [0.05, 0.1) is 22.9 Å². The molecule has 0 saturated carbocycles. The number of hydrogen-bond acceptors (Lipinski definition) is 4. The van der Waals surface area contributed by atoms with Gasteiger partial charge in [0, 0.05) is 26.2 Å². The summed E-state index contributed by atoms with van der Waals surface area (Å²) in [6.45, 7) is 1.67. The van der Waals surface area contributed by atoms with Crippen LogP contribution in [0.3, 0.4) is 0 Å². The van der Waals surface area contributed by atoms with Crippen molar-refractivity contribution in [2.24, 2.45) is 0 Å². The van der Waals surface area contributed by atoms with Gasteiger partial charge in [0.15, 0.2) is 0 Å². The van der Waals surface area contributed by atoms with E-state index in [1.54, 1.807) is 7.05 Å². The van der Waals surface area contributed by atoms with Gasteiger partial charge in [-0.2, -0.15) is 0 Å². The van der Waals surface area contributed by atoms with Crippen LogP contribution in [0.2, 0.25) is 0 Å². The van der Waals surface area contributed by atoms with E-state index in [1.165, 1.54) is 4.90 Å². The molecular weight excluding hydrogens is 395 g/mol. The monoisotopic (exact) mass is 412 g/mol. The molecule has 1 aliphatic heterocycles. The third-order valence-electron chi connectivity index (χ3n) is 4.17. The zero-order chi connectivity index (χ0) is 15.7. The summed E-state index contributed by atoms with van der Waals surface area (Å²) in [5.41, 5.74) is 2.84. The number of piperidine rings is 1. The van der Waals surface area contributed by atoms with E-state index in [1.807, 2.05) is 18.3 Å². The molecule has 6 nitrogen and oxygen atoms in total. The summed E-state index contributed by atoms with van der Waals surface area (Å²) in [5.74, 6) is 0. The van der Waals surface area contributed by atoms with Crippen molar-refractivity contribution < 1.29 is 9.90 Å². The van der Waals surface area contributed by atoms with Crippen molar-refractivity contribution in [3.05, 3.63) is 28.1 Å². The Hall–Kier alpha value is -1.64. The van der Waals surface area contributed by atoms with E-state index in [0.29, 0.717) is 0 Å². The standard InChI is InChI=1S/C15H17IN4O2/c1-19(15(21)22)10-4-6-20(7-5-10)11-8-13-12(17-9-11)2-3-14(16)18-13/h2-3,8-10H,4-7H2,1H3,(H,21,22). The molecule has 0 atom stereocenters. The summed E-state index contributed by atoms with van der Waals surface area (Å²) >= 11 is 2.20. The van der Waals surface area contributed by atoms with Gasteiger partial charge in [-0.3, -0.25) is 4.98 Å². The van der Waals surface area contributed by atoms with Gasteiger partial charge in [0.1, 0.15) is 3.70 Å². The SMILES string of the molecule is CN(C(=O)O)C1CCN(c2cnc3ccc(I)nc3c2)CC1. The molecule has 2 aromatic rings. The fraction of sp³-hybridized carbons (Fsp3) is 0.400. The molecule has 0 radical (unpaired) electrons. The molecule has 22 heavy (non-hydrogen) atoms. The normalized spacial score (nSPS) is 16.0. The average molecular weight is 412 g/mol. The van der Waals surface area contributed by atoms with E-state index in [9.17, 15) is 4.79 Å². The first-order valence-corrected chi connectivity index (χ1v) is 8.25. The second-order valence-corrected chi connectivity index (χ2v) is 6.58. The molecule has 3 heterocycles. The van der Waals surface area contributed by atoms with Crippen LogP contribution in [0.1, 0.15) is 12.8 Å². The average Bonchev–Trinajstić information content (AvgIpc) is 2.53. The number of carboxylic acid groups (broad SMARTS) is 1. The first kappa shape index (κ1) is 15.3. The summed E-state index contributed by atoms with van der Waals surface area (Å²) < 4.78 is 0.950. The number of halogens is 1. The lowest BCUT2D eigenvalue weighted by molar-refractivity contribution is 0.131. The number of nitrogens with zero attached hydrogens (tertiary/aromatic N) is 4. The third-order valence-corrected chi connectivity index (χ3v) is 4.77. The number of hydrogen-bond donors (Lipinski definition) is 1. The lowest BCUT2D eigenvalue weighted by Gasteiger charge is -2.36. The highest BCUT2D eigenvalue weighted by atomic mass is 127. The number of aromatic nitrogens is 2. The molecular formula is C15H17IN4O2. The van der Waals surface area contributed by atoms with Crippen molar-refractivity contribution in [1.82, 2.24) is 14.9 Å². The molecule has 0 aliphatic carbocycles. The predicted molar refractivity (Wildman–Crippen MR) is 93.3 cm³/mol. The van der Waals surface area contributed by atoms with E-state index >= 15 is 0 Å². The van der Waals surface area contributed by atoms with Gasteiger partial charge in [-0.1, -0.05) is 0 Å². The van der Waals surface area contributed by atoms with Gasteiger partial charge in [0.25, 0.3) is 0 Å². The van der Waals surface area contributed by atoms with Gasteiger partial charge >= 0.3 is 6.09 Å². The molecule has 1 amide bonds. The Morgan fingerprint density at radius 3 is 2.77 bits per heavy atom. The Morgan fingerprint density at radius 1 is 1.36 bits per heavy atom. The third kappa shape index (κ3) is 3.08. The van der Waals surface area contributed by atoms with Gasteiger partial charge < -0.3 is 14.9 Å². The van der Waals surface area contributed by atoms with Crippen LogP contribution in [-0.2, 0) is 0 Å². The number of amides is 1. The Balaban J connectivity index is 1.75. The molecule has 0 aromatic carbocycles. The molecule has 2 aromatic heterocycles. The maximum Gasteiger partial charge on any atom is 0.407 e. The molecule has 116 valence electrons. The molecule has 0 bridgehead atoms. The van der Waals surface area contributed by atoms with Crippen molar-refractivity contribution in [3.8, 4) is 0 Å². The lowest BCUT2D eigenvalue weighted by atomic mass is 10.0. The summed E-state index contributed by atoms with van der Waals surface area (Å²) in [4.78, 5) is 23.7. The summed E-state index contributed by atoms with van der Waals surface area (Å²) in [5, 5.41) is 9.05. The molecule has 0 unspecified atom stereocenters. The van der Waals surface area contributed by atoms with Crippen LogP contribution < -0.4 is 4.90 Å². The van der Waals surface area contributed by atoms with E-state index < -0.39 is 6.09 Å². The van der Waals surface area contributed by atoms with E-state index in [-0.39, 0.29) is 6.04 Å². The number of anilines is 1. The van der Waals surface area contributed by atoms with E-state index in [0.717, 1.165) is 46.4 Å². The number of carbonyl (C=O) groups is 1. The highest BCUT2D eigenvalue weighted by molar-refractivity contribution is 14.1. The molecule has 1 fully saturated rings. The van der Waals surface area contributed by atoms with Crippen LogP contribution in [-0.4, -0.2) is 52.2 Å². The minimum atomic E-state index is -0.857. The molecule has 0 spiro atoms. The van der Waals surface area contributed by atoms with Gasteiger partial charge in [-0.15, -0.1) is 0 Å². The molecule has 1 N–H and O–H groups in total. The first-order valence-electron chi connectivity index (χ1n) is 7.17. The van der Waals surface area contributed by atoms with Crippen molar-refractivity contribution in [2.45, 2.75) is 18.9 Å². The number of rotatable bonds is 2. The minimum absolute atomic E-state index is 0.0984. The Labute approximate surface area is 142 Å². The fourth-order valence-corrected chi connectivity index (χ4v) is 3.25. The maximum atomic E-state index is 11.0. The number of pyridine rings is 2. The van der Waals surface area contributed by atoms with Gasteiger partial charge in [-0.25, -0.2) is 9.78 Å². The van der Waals surface area contributed by atoms with Crippen LogP contribution in [0.5, 0.6) is 0 Å². The van der Waals surface area contributed by atoms with Crippen LogP contribution in [0.15, 0.2) is 24.4 Å². The van der Waals surface area contributed by atoms with E-state index in [4.69, 9.17) is 5.11 Å². The summed E-state index contributed by atoms with van der Waals surface area (Å²) in [7, 11) is 1.64. The van der Waals surface area contributed by atoms with Crippen molar-refractivity contribution in [1.29, 1.82) is 0 Å². The molecule has 3 rings (SSSR count). The fourth-order valence-electron chi connectivity index (χ4n) is 2.81. The zero-order valence-corrected chi connectivity index (χ0v) is 14.4. The van der Waals surface area contributed by atoms with Gasteiger partial charge in [-0.05, 0) is 53.6 Å².